The lowest BCUT2D eigenvalue weighted by Crippen LogP contribution is -2.39. The molecule has 2 aromatic carbocycles. The largest absolute Gasteiger partial charge is 0.348 e. The number of rotatable bonds is 4. The molecule has 0 bridgehead atoms. The van der Waals surface area contributed by atoms with Crippen molar-refractivity contribution < 1.29 is 8.42 Å². The number of sulfone groups is 1. The number of thiazole rings is 1. The second-order valence-corrected chi connectivity index (χ2v) is 10.8. The van der Waals surface area contributed by atoms with Crippen LogP contribution in [0.3, 0.4) is 0 Å². The van der Waals surface area contributed by atoms with E-state index in [9.17, 15) is 13.7 Å². The Labute approximate surface area is 182 Å². The maximum absolute atomic E-state index is 13.0. The first-order chi connectivity index (χ1) is 14.0. The number of hydrogen-bond donors (Lipinski definition) is 0. The van der Waals surface area contributed by atoms with Crippen LogP contribution in [0.25, 0.3) is 11.3 Å². The van der Waals surface area contributed by atoms with Crippen LogP contribution in [0.15, 0.2) is 63.3 Å². The molecule has 1 aliphatic rings. The third kappa shape index (κ3) is 4.08. The number of nitrogens with zero attached hydrogens (tertiary/aromatic N) is 3. The van der Waals surface area contributed by atoms with Crippen molar-refractivity contribution in [3.8, 4) is 17.3 Å². The second-order valence-electron chi connectivity index (χ2n) is 6.87. The highest BCUT2D eigenvalue weighted by molar-refractivity contribution is 9.10. The van der Waals surface area contributed by atoms with Crippen LogP contribution in [0, 0.1) is 11.3 Å². The third-order valence-corrected chi connectivity index (χ3v) is 8.79. The molecule has 4 rings (SSSR count). The van der Waals surface area contributed by atoms with Crippen LogP contribution in [0.1, 0.15) is 18.4 Å². The monoisotopic (exact) mass is 487 g/mol. The van der Waals surface area contributed by atoms with Crippen LogP contribution in [0.4, 0.5) is 5.13 Å². The molecule has 0 spiro atoms. The summed E-state index contributed by atoms with van der Waals surface area (Å²) in [5, 5.41) is 11.7. The fourth-order valence-corrected chi connectivity index (χ4v) is 6.70. The quantitative estimate of drug-likeness (QED) is 0.523. The van der Waals surface area contributed by atoms with Gasteiger partial charge in [0.05, 0.1) is 21.4 Å². The van der Waals surface area contributed by atoms with E-state index < -0.39 is 15.1 Å². The number of hydrogen-bond acceptors (Lipinski definition) is 6. The minimum atomic E-state index is -3.52. The van der Waals surface area contributed by atoms with Crippen LogP contribution >= 0.6 is 27.3 Å². The lowest BCUT2D eigenvalue weighted by Gasteiger charge is -2.31. The van der Waals surface area contributed by atoms with Gasteiger partial charge >= 0.3 is 0 Å². The molecule has 1 aromatic heterocycles. The van der Waals surface area contributed by atoms with Gasteiger partial charge in [0.1, 0.15) is 6.07 Å². The van der Waals surface area contributed by atoms with Crippen LogP contribution in [0.2, 0.25) is 0 Å². The summed E-state index contributed by atoms with van der Waals surface area (Å²) in [4.78, 5) is 7.04. The van der Waals surface area contributed by atoms with Gasteiger partial charge in [-0.3, -0.25) is 0 Å². The highest BCUT2D eigenvalue weighted by Gasteiger charge is 2.33. The van der Waals surface area contributed by atoms with Gasteiger partial charge in [0.2, 0.25) is 0 Å². The van der Waals surface area contributed by atoms with E-state index in [-0.39, 0.29) is 10.5 Å². The van der Waals surface area contributed by atoms with Crippen LogP contribution in [-0.2, 0) is 9.84 Å². The van der Waals surface area contributed by atoms with Crippen molar-refractivity contribution in [3.63, 3.8) is 0 Å². The molecule has 0 radical (unpaired) electrons. The first-order valence-electron chi connectivity index (χ1n) is 9.18. The predicted octanol–water partition coefficient (Wildman–Crippen LogP) is 4.89. The summed E-state index contributed by atoms with van der Waals surface area (Å²) < 4.78 is 27.1. The van der Waals surface area contributed by atoms with Crippen molar-refractivity contribution >= 4 is 42.2 Å². The first kappa shape index (κ1) is 20.1. The molecule has 0 saturated carbocycles. The molecule has 3 aromatic rings. The predicted molar refractivity (Wildman–Crippen MR) is 119 cm³/mol. The van der Waals surface area contributed by atoms with Gasteiger partial charge < -0.3 is 4.90 Å². The molecule has 0 amide bonds. The van der Waals surface area contributed by atoms with Crippen molar-refractivity contribution in [3.05, 3.63) is 63.9 Å². The van der Waals surface area contributed by atoms with Gasteiger partial charge in [-0.2, -0.15) is 5.26 Å². The fraction of sp³-hybridized carbons (Fsp3) is 0.238. The maximum Gasteiger partial charge on any atom is 0.185 e. The van der Waals surface area contributed by atoms with Crippen molar-refractivity contribution in [2.24, 2.45) is 0 Å². The summed E-state index contributed by atoms with van der Waals surface area (Å²) in [5.41, 5.74) is 2.19. The SMILES string of the molecule is N#Cc1ccccc1S(=O)(=O)C1CCN(c2nc(-c3cccc(Br)c3)cs2)CC1. The van der Waals surface area contributed by atoms with Crippen LogP contribution < -0.4 is 4.90 Å². The van der Waals surface area contributed by atoms with Gasteiger partial charge in [0, 0.05) is 28.5 Å². The molecular formula is C21H18BrN3O2S2. The van der Waals surface area contributed by atoms with E-state index in [0.29, 0.717) is 25.9 Å². The van der Waals surface area contributed by atoms with Gasteiger partial charge in [-0.25, -0.2) is 13.4 Å². The third-order valence-electron chi connectivity index (χ3n) is 5.08. The molecular weight excluding hydrogens is 470 g/mol. The lowest BCUT2D eigenvalue weighted by atomic mass is 10.1. The Hall–Kier alpha value is -2.21. The molecule has 8 heteroatoms. The summed E-state index contributed by atoms with van der Waals surface area (Å²) in [7, 11) is -3.52. The van der Waals surface area contributed by atoms with E-state index in [4.69, 9.17) is 4.98 Å². The van der Waals surface area contributed by atoms with Crippen molar-refractivity contribution in [2.45, 2.75) is 23.0 Å². The molecule has 1 saturated heterocycles. The van der Waals surface area contributed by atoms with E-state index >= 15 is 0 Å². The fourth-order valence-electron chi connectivity index (χ4n) is 3.53. The first-order valence-corrected chi connectivity index (χ1v) is 12.4. The molecule has 0 N–H and O–H groups in total. The molecule has 29 heavy (non-hydrogen) atoms. The van der Waals surface area contributed by atoms with E-state index in [2.05, 4.69) is 20.8 Å². The Morgan fingerprint density at radius 1 is 1.14 bits per heavy atom. The Bertz CT molecular complexity index is 1180. The van der Waals surface area contributed by atoms with Crippen molar-refractivity contribution in [1.82, 2.24) is 4.98 Å². The smallest absolute Gasteiger partial charge is 0.185 e. The van der Waals surface area contributed by atoms with E-state index in [0.717, 1.165) is 20.9 Å². The Kier molecular flexibility index (Phi) is 5.72. The Balaban J connectivity index is 1.48. The number of piperidine rings is 1. The number of halogens is 1. The van der Waals surface area contributed by atoms with Crippen LogP contribution in [0.5, 0.6) is 0 Å². The number of anilines is 1. The highest BCUT2D eigenvalue weighted by Crippen LogP contribution is 2.32. The topological polar surface area (TPSA) is 74.1 Å². The van der Waals surface area contributed by atoms with Crippen molar-refractivity contribution in [1.29, 1.82) is 5.26 Å². The van der Waals surface area contributed by atoms with Gasteiger partial charge in [0.25, 0.3) is 0 Å². The Morgan fingerprint density at radius 3 is 2.62 bits per heavy atom. The molecule has 5 nitrogen and oxygen atoms in total. The van der Waals surface area contributed by atoms with E-state index in [1.165, 1.54) is 6.07 Å². The normalized spacial score (nSPS) is 15.2. The minimum Gasteiger partial charge on any atom is -0.348 e. The molecule has 0 atom stereocenters. The summed E-state index contributed by atoms with van der Waals surface area (Å²) in [5.74, 6) is 0. The summed E-state index contributed by atoms with van der Waals surface area (Å²) in [6.07, 6.45) is 1.04. The average Bonchev–Trinajstić information content (AvgIpc) is 3.24. The van der Waals surface area contributed by atoms with Crippen LogP contribution in [-0.4, -0.2) is 31.7 Å². The highest BCUT2D eigenvalue weighted by atomic mass is 79.9. The maximum atomic E-state index is 13.0. The number of benzene rings is 2. The minimum absolute atomic E-state index is 0.145. The second kappa shape index (κ2) is 8.27. The lowest BCUT2D eigenvalue weighted by molar-refractivity contribution is 0.529. The van der Waals surface area contributed by atoms with Gasteiger partial charge in [-0.15, -0.1) is 11.3 Å². The molecule has 0 aliphatic carbocycles. The number of aromatic nitrogens is 1. The summed E-state index contributed by atoms with van der Waals surface area (Å²) in [6, 6.07) is 16.5. The van der Waals surface area contributed by atoms with Crippen molar-refractivity contribution in [2.75, 3.05) is 18.0 Å². The molecule has 1 fully saturated rings. The average molecular weight is 488 g/mol. The molecule has 0 unspecified atom stereocenters. The summed E-state index contributed by atoms with van der Waals surface area (Å²) in [6.45, 7) is 1.26. The van der Waals surface area contributed by atoms with E-state index in [1.54, 1.807) is 29.5 Å². The zero-order chi connectivity index (χ0) is 20.4. The zero-order valence-corrected chi connectivity index (χ0v) is 18.7. The Morgan fingerprint density at radius 2 is 1.90 bits per heavy atom. The standard InChI is InChI=1S/C21H18BrN3O2S2/c22-17-6-3-5-15(12-17)19-14-28-21(24-19)25-10-8-18(9-11-25)29(26,27)20-7-2-1-4-16(20)13-23/h1-7,12,14,18H,8-11H2. The van der Waals surface area contributed by atoms with Gasteiger partial charge in [-0.05, 0) is 37.1 Å². The molecule has 148 valence electrons. The molecule has 1 aliphatic heterocycles. The van der Waals surface area contributed by atoms with E-state index in [1.807, 2.05) is 35.7 Å². The zero-order valence-electron chi connectivity index (χ0n) is 15.5. The number of nitriles is 1. The molecule has 2 heterocycles. The summed E-state index contributed by atoms with van der Waals surface area (Å²) >= 11 is 5.06. The van der Waals surface area contributed by atoms with Gasteiger partial charge in [-0.1, -0.05) is 40.2 Å². The van der Waals surface area contributed by atoms with Gasteiger partial charge in [0.15, 0.2) is 15.0 Å².